The zero-order chi connectivity index (χ0) is 15.1. The second-order valence-electron chi connectivity index (χ2n) is 4.61. The van der Waals surface area contributed by atoms with E-state index in [1.54, 1.807) is 0 Å². The van der Waals surface area contributed by atoms with Gasteiger partial charge in [0.1, 0.15) is 5.75 Å². The van der Waals surface area contributed by atoms with Gasteiger partial charge >= 0.3 is 11.4 Å². The van der Waals surface area contributed by atoms with Crippen molar-refractivity contribution >= 4 is 11.4 Å². The summed E-state index contributed by atoms with van der Waals surface area (Å²) in [6, 6.07) is 2.11. The van der Waals surface area contributed by atoms with Crippen LogP contribution in [-0.2, 0) is 6.42 Å². The molecule has 20 heavy (non-hydrogen) atoms. The minimum atomic E-state index is -0.793. The van der Waals surface area contributed by atoms with Crippen LogP contribution in [-0.4, -0.2) is 15.0 Å². The van der Waals surface area contributed by atoms with Gasteiger partial charge in [-0.1, -0.05) is 32.6 Å². The van der Waals surface area contributed by atoms with Gasteiger partial charge < -0.3 is 5.11 Å². The van der Waals surface area contributed by atoms with Gasteiger partial charge in [0.05, 0.1) is 15.4 Å². The van der Waals surface area contributed by atoms with Crippen molar-refractivity contribution < 1.29 is 15.0 Å². The van der Waals surface area contributed by atoms with Crippen LogP contribution in [0.25, 0.3) is 0 Å². The maximum Gasteiger partial charge on any atom is 0.352 e. The number of unbranched alkanes of at least 4 members (excludes halogenated alkanes) is 4. The monoisotopic (exact) mass is 282 g/mol. The fraction of sp³-hybridized carbons (Fsp3) is 0.538. The maximum atomic E-state index is 11.0. The molecule has 0 aromatic heterocycles. The second kappa shape index (κ2) is 7.42. The third-order valence-electron chi connectivity index (χ3n) is 3.15. The Morgan fingerprint density at radius 2 is 1.70 bits per heavy atom. The molecular weight excluding hydrogens is 264 g/mol. The first kappa shape index (κ1) is 15.9. The first-order chi connectivity index (χ1) is 9.49. The Morgan fingerprint density at radius 1 is 1.05 bits per heavy atom. The number of nitrogens with zero attached hydrogens (tertiary/aromatic N) is 2. The molecule has 1 aromatic rings. The first-order valence-electron chi connectivity index (χ1n) is 6.62. The van der Waals surface area contributed by atoms with E-state index in [0.29, 0.717) is 6.42 Å². The van der Waals surface area contributed by atoms with Gasteiger partial charge in [-0.3, -0.25) is 20.2 Å². The Morgan fingerprint density at radius 3 is 2.25 bits per heavy atom. The molecule has 1 rings (SSSR count). The summed E-state index contributed by atoms with van der Waals surface area (Å²) in [5.41, 5.74) is -1.11. The second-order valence-corrected chi connectivity index (χ2v) is 4.61. The molecule has 0 fully saturated rings. The number of hydrogen-bond acceptors (Lipinski definition) is 5. The molecule has 1 aromatic carbocycles. The van der Waals surface area contributed by atoms with Crippen LogP contribution in [0.2, 0.25) is 0 Å². The number of phenolic OH excluding ortho intramolecular Hbond substituents is 1. The van der Waals surface area contributed by atoms with Crippen LogP contribution in [0.1, 0.15) is 44.6 Å². The molecule has 0 atom stereocenters. The quantitative estimate of drug-likeness (QED) is 0.444. The van der Waals surface area contributed by atoms with E-state index in [0.717, 1.165) is 37.8 Å². The van der Waals surface area contributed by atoms with Crippen molar-refractivity contribution in [1.29, 1.82) is 0 Å². The number of nitro groups is 2. The van der Waals surface area contributed by atoms with E-state index in [1.807, 2.05) is 0 Å². The third kappa shape index (κ3) is 3.91. The molecule has 0 bridgehead atoms. The van der Waals surface area contributed by atoms with Crippen molar-refractivity contribution in [3.8, 4) is 5.75 Å². The van der Waals surface area contributed by atoms with Gasteiger partial charge in [-0.25, -0.2) is 0 Å². The SMILES string of the molecule is CCCCCCCc1c(O)ccc([N+](=O)[O-])c1[N+](=O)[O-]. The number of rotatable bonds is 8. The van der Waals surface area contributed by atoms with Crippen LogP contribution in [0.5, 0.6) is 5.75 Å². The molecule has 0 unspecified atom stereocenters. The minimum absolute atomic E-state index is 0.0562. The molecule has 0 radical (unpaired) electrons. The van der Waals surface area contributed by atoms with E-state index >= 15 is 0 Å². The van der Waals surface area contributed by atoms with Crippen LogP contribution in [0.3, 0.4) is 0 Å². The molecule has 0 spiro atoms. The summed E-state index contributed by atoms with van der Waals surface area (Å²) < 4.78 is 0. The van der Waals surface area contributed by atoms with E-state index in [1.165, 1.54) is 0 Å². The molecule has 0 heterocycles. The lowest BCUT2D eigenvalue weighted by Crippen LogP contribution is -2.01. The van der Waals surface area contributed by atoms with E-state index < -0.39 is 21.2 Å². The zero-order valence-electron chi connectivity index (χ0n) is 11.4. The van der Waals surface area contributed by atoms with E-state index in [9.17, 15) is 25.3 Å². The van der Waals surface area contributed by atoms with Crippen molar-refractivity contribution in [2.24, 2.45) is 0 Å². The lowest BCUT2D eigenvalue weighted by molar-refractivity contribution is -0.423. The maximum absolute atomic E-state index is 11.0. The molecule has 7 nitrogen and oxygen atoms in total. The largest absolute Gasteiger partial charge is 0.507 e. The molecule has 0 aliphatic carbocycles. The topological polar surface area (TPSA) is 107 Å². The van der Waals surface area contributed by atoms with Crippen molar-refractivity contribution in [2.75, 3.05) is 0 Å². The lowest BCUT2D eigenvalue weighted by Gasteiger charge is -2.06. The van der Waals surface area contributed by atoms with Crippen LogP contribution < -0.4 is 0 Å². The predicted octanol–water partition coefficient (Wildman–Crippen LogP) is 3.72. The molecule has 0 saturated heterocycles. The lowest BCUT2D eigenvalue weighted by atomic mass is 10.0. The molecular formula is C13H18N2O5. The van der Waals surface area contributed by atoms with Gasteiger partial charge in [0.25, 0.3) is 0 Å². The molecule has 0 saturated carbocycles. The molecule has 1 N–H and O–H groups in total. The van der Waals surface area contributed by atoms with E-state index in [2.05, 4.69) is 6.92 Å². The Bertz CT molecular complexity index is 502. The normalized spacial score (nSPS) is 10.4. The number of hydrogen-bond donors (Lipinski definition) is 1. The van der Waals surface area contributed by atoms with E-state index in [4.69, 9.17) is 0 Å². The van der Waals surface area contributed by atoms with Crippen LogP contribution in [0.15, 0.2) is 12.1 Å². The fourth-order valence-corrected chi connectivity index (χ4v) is 2.12. The highest BCUT2D eigenvalue weighted by atomic mass is 16.6. The highest BCUT2D eigenvalue weighted by Gasteiger charge is 2.30. The Hall–Kier alpha value is -2.18. The zero-order valence-corrected chi connectivity index (χ0v) is 11.4. The van der Waals surface area contributed by atoms with Gasteiger partial charge in [0.2, 0.25) is 0 Å². The fourth-order valence-electron chi connectivity index (χ4n) is 2.12. The first-order valence-corrected chi connectivity index (χ1v) is 6.62. The van der Waals surface area contributed by atoms with Gasteiger partial charge in [0.15, 0.2) is 0 Å². The highest BCUT2D eigenvalue weighted by Crippen LogP contribution is 2.37. The van der Waals surface area contributed by atoms with Crippen LogP contribution in [0.4, 0.5) is 11.4 Å². The summed E-state index contributed by atoms with van der Waals surface area (Å²) in [5.74, 6) is -0.252. The smallest absolute Gasteiger partial charge is 0.352 e. The van der Waals surface area contributed by atoms with Gasteiger partial charge in [0, 0.05) is 6.07 Å². The standard InChI is InChI=1S/C13H18N2O5/c1-2-3-4-5-6-7-10-12(16)9-8-11(14(17)18)13(10)15(19)20/h8-9,16H,2-7H2,1H3. The molecule has 110 valence electrons. The Balaban J connectivity index is 2.95. The average molecular weight is 282 g/mol. The predicted molar refractivity (Wildman–Crippen MR) is 73.9 cm³/mol. The van der Waals surface area contributed by atoms with Gasteiger partial charge in [-0.05, 0) is 18.9 Å². The summed E-state index contributed by atoms with van der Waals surface area (Å²) in [6.45, 7) is 2.08. The van der Waals surface area contributed by atoms with Crippen molar-refractivity contribution in [3.05, 3.63) is 37.9 Å². The summed E-state index contributed by atoms with van der Waals surface area (Å²) in [7, 11) is 0. The van der Waals surface area contributed by atoms with Gasteiger partial charge in [-0.15, -0.1) is 0 Å². The third-order valence-corrected chi connectivity index (χ3v) is 3.15. The van der Waals surface area contributed by atoms with E-state index in [-0.39, 0.29) is 17.7 Å². The molecule has 0 aliphatic heterocycles. The van der Waals surface area contributed by atoms with Crippen molar-refractivity contribution in [1.82, 2.24) is 0 Å². The molecule has 7 heteroatoms. The van der Waals surface area contributed by atoms with Crippen molar-refractivity contribution in [3.63, 3.8) is 0 Å². The summed E-state index contributed by atoms with van der Waals surface area (Å²) in [4.78, 5) is 20.3. The summed E-state index contributed by atoms with van der Waals surface area (Å²) in [5, 5.41) is 31.6. The average Bonchev–Trinajstić information content (AvgIpc) is 2.39. The van der Waals surface area contributed by atoms with Crippen LogP contribution in [0, 0.1) is 20.2 Å². The Kier molecular flexibility index (Phi) is 5.89. The number of phenols is 1. The van der Waals surface area contributed by atoms with Crippen LogP contribution >= 0.6 is 0 Å². The number of aromatic hydroxyl groups is 1. The minimum Gasteiger partial charge on any atom is -0.507 e. The highest BCUT2D eigenvalue weighted by molar-refractivity contribution is 5.62. The van der Waals surface area contributed by atoms with Crippen molar-refractivity contribution in [2.45, 2.75) is 45.4 Å². The number of nitro benzene ring substituents is 2. The van der Waals surface area contributed by atoms with Gasteiger partial charge in [-0.2, -0.15) is 0 Å². The Labute approximate surface area is 116 Å². The summed E-state index contributed by atoms with van der Waals surface area (Å²) in [6.07, 6.45) is 5.00. The summed E-state index contributed by atoms with van der Waals surface area (Å²) >= 11 is 0. The molecule has 0 amide bonds. The molecule has 0 aliphatic rings. The number of benzene rings is 1.